The van der Waals surface area contributed by atoms with Gasteiger partial charge in [0.1, 0.15) is 6.07 Å². The summed E-state index contributed by atoms with van der Waals surface area (Å²) in [5.74, 6) is -0.206. The van der Waals surface area contributed by atoms with Gasteiger partial charge in [0.15, 0.2) is 11.6 Å². The van der Waals surface area contributed by atoms with Crippen LogP contribution in [0, 0.1) is 61.6 Å². The minimum absolute atomic E-state index is 0.00462. The molecule has 0 heterocycles. The van der Waals surface area contributed by atoms with E-state index in [0.29, 0.717) is 0 Å². The fourth-order valence-corrected chi connectivity index (χ4v) is 11.1. The van der Waals surface area contributed by atoms with E-state index in [1.807, 2.05) is 26.0 Å². The summed E-state index contributed by atoms with van der Waals surface area (Å²) in [4.78, 5) is 41.2. The first-order valence-corrected chi connectivity index (χ1v) is 14.8. The Morgan fingerprint density at radius 3 is 2.29 bits per heavy atom. The van der Waals surface area contributed by atoms with Crippen LogP contribution in [0.2, 0.25) is 0 Å². The van der Waals surface area contributed by atoms with Crippen LogP contribution >= 0.6 is 0 Å². The molecule has 0 aliphatic heterocycles. The molecule has 1 spiro atoms. The first-order valence-electron chi connectivity index (χ1n) is 14.8. The maximum absolute atomic E-state index is 14.5. The fraction of sp³-hybridized carbons (Fsp3) is 0.758. The summed E-state index contributed by atoms with van der Waals surface area (Å²) in [6.45, 7) is 10.8. The first kappa shape index (κ1) is 26.0. The highest BCUT2D eigenvalue weighted by Gasteiger charge is 2.71. The van der Waals surface area contributed by atoms with Crippen molar-refractivity contribution >= 4 is 17.5 Å². The van der Waals surface area contributed by atoms with Crippen molar-refractivity contribution in [2.45, 2.75) is 98.8 Å². The highest BCUT2D eigenvalue weighted by atomic mass is 16.5. The van der Waals surface area contributed by atoms with Crippen molar-refractivity contribution in [1.82, 2.24) is 0 Å². The number of methoxy groups -OCH3 is 1. The number of rotatable bonds is 1. The van der Waals surface area contributed by atoms with E-state index in [1.165, 1.54) is 26.4 Å². The second kappa shape index (κ2) is 7.70. The van der Waals surface area contributed by atoms with Gasteiger partial charge >= 0.3 is 5.97 Å². The quantitative estimate of drug-likeness (QED) is 0.370. The Labute approximate surface area is 227 Å². The van der Waals surface area contributed by atoms with Gasteiger partial charge in [0.05, 0.1) is 18.1 Å². The van der Waals surface area contributed by atoms with Crippen LogP contribution in [0.15, 0.2) is 23.3 Å². The van der Waals surface area contributed by atoms with Crippen LogP contribution in [-0.4, -0.2) is 24.6 Å². The highest BCUT2D eigenvalue weighted by molar-refractivity contribution is 6.04. The first-order chi connectivity index (χ1) is 17.7. The maximum Gasteiger partial charge on any atom is 0.312 e. The van der Waals surface area contributed by atoms with Crippen molar-refractivity contribution in [2.24, 2.45) is 50.2 Å². The molecule has 204 valence electrons. The number of nitriles is 1. The Balaban J connectivity index is 1.52. The number of nitrogens with zero attached hydrogens (tertiary/aromatic N) is 1. The molecule has 5 nitrogen and oxygen atoms in total. The van der Waals surface area contributed by atoms with Gasteiger partial charge in [-0.25, -0.2) is 0 Å². The van der Waals surface area contributed by atoms with Gasteiger partial charge in [0.2, 0.25) is 0 Å². The SMILES string of the molecule is COC(=O)[C@]12CCC3(CCC3)C[C@H]1[C@H]1C(=O)C=C3[C@@]4(C)C=C(C#N)C(=O)C(C)(C)[C@@H]4CC[C@@]3(C)[C@]1(C)CC2. The number of hydrogen-bond acceptors (Lipinski definition) is 5. The van der Waals surface area contributed by atoms with Crippen molar-refractivity contribution in [3.63, 3.8) is 0 Å². The molecule has 4 fully saturated rings. The Hall–Kier alpha value is -2.22. The molecule has 0 aromatic heterocycles. The van der Waals surface area contributed by atoms with E-state index in [-0.39, 0.29) is 57.1 Å². The van der Waals surface area contributed by atoms with E-state index in [4.69, 9.17) is 4.74 Å². The van der Waals surface area contributed by atoms with Crippen molar-refractivity contribution in [3.8, 4) is 6.07 Å². The van der Waals surface area contributed by atoms with Gasteiger partial charge < -0.3 is 4.74 Å². The summed E-state index contributed by atoms with van der Waals surface area (Å²) < 4.78 is 5.46. The normalized spacial score (nSPS) is 46.2. The smallest absolute Gasteiger partial charge is 0.312 e. The predicted molar refractivity (Wildman–Crippen MR) is 143 cm³/mol. The third-order valence-corrected chi connectivity index (χ3v) is 13.6. The van der Waals surface area contributed by atoms with Crippen LogP contribution in [0.25, 0.3) is 0 Å². The van der Waals surface area contributed by atoms with E-state index in [2.05, 4.69) is 26.8 Å². The number of fused-ring (bicyclic) bond motifs is 7. The Morgan fingerprint density at radius 2 is 1.68 bits per heavy atom. The molecule has 0 aromatic carbocycles. The molecule has 0 amide bonds. The third kappa shape index (κ3) is 2.85. The number of ether oxygens (including phenoxy) is 1. The van der Waals surface area contributed by atoms with Crippen LogP contribution in [0.1, 0.15) is 98.8 Å². The fourth-order valence-electron chi connectivity index (χ4n) is 11.1. The molecule has 6 aliphatic rings. The molecular formula is C33H43NO4. The Bertz CT molecular complexity index is 1250. The van der Waals surface area contributed by atoms with E-state index in [0.717, 1.165) is 50.5 Å². The molecule has 38 heavy (non-hydrogen) atoms. The average molecular weight is 518 g/mol. The lowest BCUT2D eigenvalue weighted by atomic mass is 9.33. The van der Waals surface area contributed by atoms with E-state index < -0.39 is 16.2 Å². The van der Waals surface area contributed by atoms with Crippen LogP contribution in [0.4, 0.5) is 0 Å². The van der Waals surface area contributed by atoms with E-state index in [9.17, 15) is 19.6 Å². The van der Waals surface area contributed by atoms with Gasteiger partial charge in [-0.05, 0) is 91.9 Å². The maximum atomic E-state index is 14.5. The minimum atomic E-state index is -0.663. The number of Topliss-reactive ketones (excluding diaryl/α,β-unsaturated/α-hetero) is 1. The van der Waals surface area contributed by atoms with Gasteiger partial charge in [0, 0.05) is 16.7 Å². The van der Waals surface area contributed by atoms with E-state index >= 15 is 0 Å². The number of allylic oxidation sites excluding steroid dienone is 4. The number of hydrogen-bond donors (Lipinski definition) is 0. The molecule has 7 atom stereocenters. The molecule has 0 aromatic rings. The van der Waals surface area contributed by atoms with Crippen LogP contribution in [-0.2, 0) is 19.1 Å². The lowest BCUT2D eigenvalue weighted by molar-refractivity contribution is -0.196. The third-order valence-electron chi connectivity index (χ3n) is 13.6. The molecule has 0 bridgehead atoms. The minimum Gasteiger partial charge on any atom is -0.469 e. The van der Waals surface area contributed by atoms with Crippen LogP contribution in [0.3, 0.4) is 0 Å². The highest BCUT2D eigenvalue weighted by Crippen LogP contribution is 2.75. The number of ketones is 2. The molecular weight excluding hydrogens is 474 g/mol. The van der Waals surface area contributed by atoms with Gasteiger partial charge in [-0.1, -0.05) is 52.7 Å². The van der Waals surface area contributed by atoms with Gasteiger partial charge in [0.25, 0.3) is 0 Å². The predicted octanol–water partition coefficient (Wildman–Crippen LogP) is 6.52. The standard InChI is InChI=1S/C33H43NO4/c1-28(2)23-8-11-30(4)24(29(23,3)17-20(19-34)26(28)36)16-22(35)25-21-18-32(9-7-10-32)13-15-33(21,27(37)38-6)14-12-31(25,30)5/h16-17,21,23,25H,7-15,18H2,1-6H3/t21-,23-,25-,29-,30+,31+,33+/m0/s1. The van der Waals surface area contributed by atoms with Gasteiger partial charge in [-0.15, -0.1) is 0 Å². The molecule has 5 heteroatoms. The van der Waals surface area contributed by atoms with Crippen molar-refractivity contribution < 1.29 is 19.1 Å². The molecule has 0 saturated heterocycles. The van der Waals surface area contributed by atoms with Crippen molar-refractivity contribution in [2.75, 3.05) is 7.11 Å². The molecule has 0 N–H and O–H groups in total. The lowest BCUT2D eigenvalue weighted by Crippen LogP contribution is -2.66. The van der Waals surface area contributed by atoms with Gasteiger partial charge in [-0.2, -0.15) is 5.26 Å². The molecule has 6 aliphatic carbocycles. The van der Waals surface area contributed by atoms with Crippen molar-refractivity contribution in [1.29, 1.82) is 5.26 Å². The number of carbonyl (C=O) groups is 3. The topological polar surface area (TPSA) is 84.2 Å². The second-order valence-electron chi connectivity index (χ2n) is 15.1. The summed E-state index contributed by atoms with van der Waals surface area (Å²) in [5.41, 5.74) is -0.680. The molecule has 6 rings (SSSR count). The van der Waals surface area contributed by atoms with Gasteiger partial charge in [-0.3, -0.25) is 14.4 Å². The molecule has 0 radical (unpaired) electrons. The van der Waals surface area contributed by atoms with Crippen LogP contribution in [0.5, 0.6) is 0 Å². The summed E-state index contributed by atoms with van der Waals surface area (Å²) in [6, 6.07) is 2.18. The zero-order chi connectivity index (χ0) is 27.5. The van der Waals surface area contributed by atoms with Crippen LogP contribution < -0.4 is 0 Å². The Morgan fingerprint density at radius 1 is 1.00 bits per heavy atom. The Kier molecular flexibility index (Phi) is 5.28. The summed E-state index contributed by atoms with van der Waals surface area (Å²) >= 11 is 0. The monoisotopic (exact) mass is 517 g/mol. The van der Waals surface area contributed by atoms with Crippen molar-refractivity contribution in [3.05, 3.63) is 23.3 Å². The molecule has 4 saturated carbocycles. The number of carbonyl (C=O) groups excluding carboxylic acids is 3. The number of esters is 1. The summed E-state index contributed by atoms with van der Waals surface area (Å²) in [6.07, 6.45) is 13.7. The average Bonchev–Trinajstić information content (AvgIpc) is 2.85. The molecule has 0 unspecified atom stereocenters. The van der Waals surface area contributed by atoms with E-state index in [1.54, 1.807) is 0 Å². The largest absolute Gasteiger partial charge is 0.469 e. The lowest BCUT2D eigenvalue weighted by Gasteiger charge is -2.69. The zero-order valence-electron chi connectivity index (χ0n) is 24.0. The zero-order valence-corrected chi connectivity index (χ0v) is 24.0. The summed E-state index contributed by atoms with van der Waals surface area (Å²) in [7, 11) is 1.50. The summed E-state index contributed by atoms with van der Waals surface area (Å²) in [5, 5.41) is 9.89. The second-order valence-corrected chi connectivity index (χ2v) is 15.1.